The normalized spacial score (nSPS) is 29.7. The summed E-state index contributed by atoms with van der Waals surface area (Å²) in [4.78, 5) is 61.4. The van der Waals surface area contributed by atoms with Crippen molar-refractivity contribution in [3.8, 4) is 0 Å². The molecular formula is C20H22BN3O10S2. The van der Waals surface area contributed by atoms with Gasteiger partial charge in [-0.3, -0.25) is 23.5 Å². The van der Waals surface area contributed by atoms with E-state index < -0.39 is 82.6 Å². The Labute approximate surface area is 212 Å². The summed E-state index contributed by atoms with van der Waals surface area (Å²) in [6.45, 7) is 1.89. The Balaban J connectivity index is 1.62. The number of nitrogens with zero attached hydrogens (tertiary/aromatic N) is 3. The van der Waals surface area contributed by atoms with Gasteiger partial charge >= 0.3 is 20.0 Å². The van der Waals surface area contributed by atoms with Crippen LogP contribution in [0.25, 0.3) is 0 Å². The lowest BCUT2D eigenvalue weighted by molar-refractivity contribution is -0.218. The first-order chi connectivity index (χ1) is 17.0. The summed E-state index contributed by atoms with van der Waals surface area (Å²) in [7, 11) is 3.33. The number of aliphatic hydroxyl groups excluding tert-OH is 2. The number of aryl methyl sites for hydroxylation is 1. The van der Waals surface area contributed by atoms with E-state index in [9.17, 15) is 33.6 Å². The van der Waals surface area contributed by atoms with Crippen LogP contribution in [-0.2, 0) is 44.2 Å². The first-order valence-electron chi connectivity index (χ1n) is 10.8. The molecule has 0 spiro atoms. The number of carbonyl (C=O) groups is 4. The Morgan fingerprint density at radius 2 is 2.11 bits per heavy atom. The second-order valence-electron chi connectivity index (χ2n) is 8.91. The number of ether oxygens (including phenoxy) is 1. The molecule has 4 rings (SSSR count). The number of aromatic nitrogens is 1. The van der Waals surface area contributed by atoms with Crippen LogP contribution >= 0.6 is 11.3 Å². The van der Waals surface area contributed by atoms with Crippen LogP contribution in [0.1, 0.15) is 30.5 Å². The summed E-state index contributed by atoms with van der Waals surface area (Å²) in [5.41, 5.74) is -3.72. The van der Waals surface area contributed by atoms with Crippen molar-refractivity contribution >= 4 is 59.5 Å². The molecule has 0 bridgehead atoms. The molecule has 13 nitrogen and oxygen atoms in total. The Morgan fingerprint density at radius 3 is 2.69 bits per heavy atom. The lowest BCUT2D eigenvalue weighted by atomic mass is 9.84. The van der Waals surface area contributed by atoms with Crippen LogP contribution in [-0.4, -0.2) is 97.4 Å². The maximum Gasteiger partial charge on any atom is 0.378 e. The predicted octanol–water partition coefficient (Wildman–Crippen LogP) is -1.69. The molecule has 3 fully saturated rings. The largest absolute Gasteiger partial charge is 0.539 e. The van der Waals surface area contributed by atoms with Gasteiger partial charge in [-0.2, -0.15) is 0 Å². The number of Topliss-reactive ketones (excluding diaryl/α,β-unsaturated/α-hetero) is 1. The fraction of sp³-hybridized carbons (Fsp3) is 0.600. The van der Waals surface area contributed by atoms with Crippen molar-refractivity contribution < 1.29 is 47.8 Å². The SMILES string of the molecule is [B]OC(=O)[C@]12OC(=O)C[C@H]1C[S@](=O)[C@@H]1[C@H](CC(=O)/C(=N\OC(C)(CO)CO)c3csc(C)n3)C(=O)N12. The molecule has 16 heteroatoms. The molecule has 36 heavy (non-hydrogen) atoms. The van der Waals surface area contributed by atoms with E-state index in [-0.39, 0.29) is 23.6 Å². The van der Waals surface area contributed by atoms with E-state index in [1.165, 1.54) is 18.3 Å². The van der Waals surface area contributed by atoms with Gasteiger partial charge in [-0.25, -0.2) is 9.78 Å². The molecule has 3 aliphatic heterocycles. The minimum atomic E-state index is -2.13. The molecule has 0 saturated carbocycles. The third-order valence-corrected chi connectivity index (χ3v) is 8.92. The minimum Gasteiger partial charge on any atom is -0.539 e. The highest BCUT2D eigenvalue weighted by Crippen LogP contribution is 2.50. The smallest absolute Gasteiger partial charge is 0.378 e. The van der Waals surface area contributed by atoms with Crippen LogP contribution in [0.5, 0.6) is 0 Å². The number of rotatable bonds is 9. The highest BCUT2D eigenvalue weighted by molar-refractivity contribution is 7.85. The summed E-state index contributed by atoms with van der Waals surface area (Å²) in [6, 6.07) is 0. The molecule has 4 heterocycles. The lowest BCUT2D eigenvalue weighted by Crippen LogP contribution is -2.78. The number of hydrogen-bond acceptors (Lipinski definition) is 13. The number of β-lactam (4-membered cyclic amide) rings is 1. The number of carbonyl (C=O) groups excluding carboxylic acids is 4. The highest BCUT2D eigenvalue weighted by atomic mass is 32.2. The van der Waals surface area contributed by atoms with E-state index in [0.29, 0.717) is 5.01 Å². The van der Waals surface area contributed by atoms with Gasteiger partial charge in [0, 0.05) is 28.4 Å². The minimum absolute atomic E-state index is 0.138. The fourth-order valence-corrected chi connectivity index (χ4v) is 6.99. The number of aliphatic hydroxyl groups is 2. The number of hydrogen-bond donors (Lipinski definition) is 2. The number of oxime groups is 1. The van der Waals surface area contributed by atoms with Gasteiger partial charge in [-0.1, -0.05) is 5.16 Å². The third kappa shape index (κ3) is 4.15. The van der Waals surface area contributed by atoms with Crippen LogP contribution in [0.4, 0.5) is 0 Å². The zero-order valence-corrected chi connectivity index (χ0v) is 20.9. The van der Waals surface area contributed by atoms with Crippen LogP contribution < -0.4 is 0 Å². The standard InChI is InChI=1S/C20H22BN3O10S2/c1-9-22-12(5-35-9)15(23-34-19(2,7-25)8-26)13(27)4-11-16(29)24-17(11)36(31)6-10-3-14(28)32-20(10,24)18(30)33-21/h5,10-11,17,25-26H,3-4,6-8H2,1-2H3/b23-15-/t10-,11+,17+,20+,36-/m0/s1. The Kier molecular flexibility index (Phi) is 7.07. The van der Waals surface area contributed by atoms with E-state index in [1.54, 1.807) is 12.3 Å². The van der Waals surface area contributed by atoms with Crippen LogP contribution in [0.15, 0.2) is 10.5 Å². The van der Waals surface area contributed by atoms with Gasteiger partial charge in [0.2, 0.25) is 5.91 Å². The van der Waals surface area contributed by atoms with E-state index in [1.807, 2.05) is 0 Å². The molecule has 3 aliphatic rings. The molecule has 1 aromatic heterocycles. The number of amides is 1. The van der Waals surface area contributed by atoms with E-state index in [4.69, 9.17) is 17.6 Å². The Bertz CT molecular complexity index is 1170. The average Bonchev–Trinajstić information content (AvgIpc) is 3.42. The number of esters is 1. The zero-order valence-electron chi connectivity index (χ0n) is 19.2. The monoisotopic (exact) mass is 539 g/mol. The number of thiazole rings is 1. The molecule has 192 valence electrons. The van der Waals surface area contributed by atoms with Gasteiger partial charge < -0.3 is 24.4 Å². The molecule has 5 atom stereocenters. The molecule has 2 N–H and O–H groups in total. The Morgan fingerprint density at radius 1 is 1.42 bits per heavy atom. The van der Waals surface area contributed by atoms with E-state index >= 15 is 0 Å². The summed E-state index contributed by atoms with van der Waals surface area (Å²) in [5.74, 6) is -5.52. The number of fused-ring (bicyclic) bond motifs is 3. The molecule has 1 amide bonds. The quantitative estimate of drug-likeness (QED) is 0.120. The zero-order chi connectivity index (χ0) is 26.4. The lowest BCUT2D eigenvalue weighted by Gasteiger charge is -2.56. The molecule has 2 radical (unpaired) electrons. The van der Waals surface area contributed by atoms with Crippen LogP contribution in [0.2, 0.25) is 0 Å². The maximum absolute atomic E-state index is 13.3. The van der Waals surface area contributed by atoms with Crippen LogP contribution in [0.3, 0.4) is 0 Å². The van der Waals surface area contributed by atoms with Crippen molar-refractivity contribution in [3.63, 3.8) is 0 Å². The third-order valence-electron chi connectivity index (χ3n) is 6.34. The summed E-state index contributed by atoms with van der Waals surface area (Å²) < 4.78 is 22.6. The van der Waals surface area contributed by atoms with Gasteiger partial charge in [-0.05, 0) is 13.8 Å². The number of ketones is 1. The average molecular weight is 539 g/mol. The summed E-state index contributed by atoms with van der Waals surface area (Å²) >= 11 is 1.23. The second kappa shape index (κ2) is 9.65. The van der Waals surface area contributed by atoms with Crippen molar-refractivity contribution in [2.24, 2.45) is 17.0 Å². The Hall–Kier alpha value is -2.69. The van der Waals surface area contributed by atoms with Crippen molar-refractivity contribution in [2.45, 2.75) is 43.4 Å². The fourth-order valence-electron chi connectivity index (χ4n) is 4.38. The summed E-state index contributed by atoms with van der Waals surface area (Å²) in [5, 5.41) is 23.8. The molecule has 0 aromatic carbocycles. The first kappa shape index (κ1) is 26.4. The molecule has 0 aliphatic carbocycles. The highest BCUT2D eigenvalue weighted by Gasteiger charge is 2.73. The van der Waals surface area contributed by atoms with Gasteiger partial charge in [0.1, 0.15) is 11.1 Å². The van der Waals surface area contributed by atoms with Crippen molar-refractivity contribution in [2.75, 3.05) is 19.0 Å². The van der Waals surface area contributed by atoms with Crippen molar-refractivity contribution in [3.05, 3.63) is 16.1 Å². The molecule has 3 saturated heterocycles. The van der Waals surface area contributed by atoms with Gasteiger partial charge in [0.25, 0.3) is 5.72 Å². The van der Waals surface area contributed by atoms with E-state index in [0.717, 1.165) is 4.90 Å². The molecule has 1 aromatic rings. The van der Waals surface area contributed by atoms with Crippen molar-refractivity contribution in [1.82, 2.24) is 9.88 Å². The van der Waals surface area contributed by atoms with Crippen LogP contribution in [0, 0.1) is 18.8 Å². The molecular weight excluding hydrogens is 517 g/mol. The second-order valence-corrected chi connectivity index (χ2v) is 11.5. The summed E-state index contributed by atoms with van der Waals surface area (Å²) in [6.07, 6.45) is -0.710. The topological polar surface area (TPSA) is 182 Å². The van der Waals surface area contributed by atoms with Gasteiger partial charge in [0.05, 0.1) is 36.5 Å². The van der Waals surface area contributed by atoms with Gasteiger partial charge in [-0.15, -0.1) is 11.3 Å². The molecule has 0 unspecified atom stereocenters. The maximum atomic E-state index is 13.3. The predicted molar refractivity (Wildman–Crippen MR) is 123 cm³/mol. The first-order valence-corrected chi connectivity index (χ1v) is 13.0. The van der Waals surface area contributed by atoms with Gasteiger partial charge in [0.15, 0.2) is 17.1 Å². The van der Waals surface area contributed by atoms with E-state index in [2.05, 4.69) is 14.8 Å². The van der Waals surface area contributed by atoms with Crippen molar-refractivity contribution in [1.29, 1.82) is 0 Å².